The van der Waals surface area contributed by atoms with Gasteiger partial charge in [-0.1, -0.05) is 31.6 Å². The number of ether oxygens (including phenoxy) is 1. The molecule has 10 heteroatoms. The number of hydrogen-bond donors (Lipinski definition) is 0. The Morgan fingerprint density at radius 2 is 1.89 bits per heavy atom. The molecule has 0 radical (unpaired) electrons. The number of fused-ring (bicyclic) bond motifs is 1. The van der Waals surface area contributed by atoms with Crippen LogP contribution in [0.5, 0.6) is 5.19 Å². The lowest BCUT2D eigenvalue weighted by molar-refractivity contribution is 0.0595. The molecule has 1 aromatic heterocycles. The third-order valence-corrected chi connectivity index (χ3v) is 9.08. The number of halogens is 1. The molecule has 0 N–H and O–H groups in total. The van der Waals surface area contributed by atoms with Crippen LogP contribution in [-0.4, -0.2) is 60.8 Å². The van der Waals surface area contributed by atoms with Crippen LogP contribution >= 0.6 is 11.3 Å². The largest absolute Gasteiger partial charge is 0.467 e. The molecule has 2 heterocycles. The first kappa shape index (κ1) is 25.5. The summed E-state index contributed by atoms with van der Waals surface area (Å²) < 4.78 is 47.4. The first-order valence-electron chi connectivity index (χ1n) is 11.9. The lowest BCUT2D eigenvalue weighted by Gasteiger charge is -2.31. The fourth-order valence-corrected chi connectivity index (χ4v) is 6.52. The van der Waals surface area contributed by atoms with Crippen molar-refractivity contribution in [3.63, 3.8) is 0 Å². The van der Waals surface area contributed by atoms with Crippen molar-refractivity contribution in [2.24, 2.45) is 0 Å². The van der Waals surface area contributed by atoms with E-state index in [1.54, 1.807) is 23.1 Å². The maximum absolute atomic E-state index is 13.4. The van der Waals surface area contributed by atoms with Crippen LogP contribution in [0, 0.1) is 5.82 Å². The second kappa shape index (κ2) is 11.0. The number of rotatable bonds is 9. The molecule has 1 amide bonds. The zero-order chi connectivity index (χ0) is 25.0. The molecule has 0 aliphatic carbocycles. The van der Waals surface area contributed by atoms with E-state index in [2.05, 4.69) is 4.98 Å². The van der Waals surface area contributed by atoms with Crippen LogP contribution in [-0.2, 0) is 10.0 Å². The van der Waals surface area contributed by atoms with Gasteiger partial charge in [0.2, 0.25) is 10.0 Å². The normalized spacial score (nSPS) is 15.1. The fraction of sp³-hybridized carbons (Fsp3) is 0.440. The van der Waals surface area contributed by atoms with Crippen LogP contribution in [0.15, 0.2) is 47.4 Å². The van der Waals surface area contributed by atoms with E-state index < -0.39 is 10.0 Å². The Balaban J connectivity index is 1.34. The number of benzene rings is 2. The molecule has 4 rings (SSSR count). The number of hydrogen-bond acceptors (Lipinski definition) is 6. The van der Waals surface area contributed by atoms with Crippen molar-refractivity contribution in [3.8, 4) is 5.19 Å². The van der Waals surface area contributed by atoms with Gasteiger partial charge in [0.25, 0.3) is 11.1 Å². The van der Waals surface area contributed by atoms with E-state index in [0.29, 0.717) is 55.3 Å². The molecule has 3 aromatic rings. The highest BCUT2D eigenvalue weighted by Crippen LogP contribution is 2.30. The molecule has 0 atom stereocenters. The second-order valence-corrected chi connectivity index (χ2v) is 11.5. The number of aromatic nitrogens is 1. The molecule has 0 bridgehead atoms. The molecule has 1 saturated heterocycles. The molecular weight excluding hydrogens is 489 g/mol. The molecule has 0 saturated carbocycles. The molecule has 7 nitrogen and oxygen atoms in total. The minimum atomic E-state index is -3.57. The van der Waals surface area contributed by atoms with E-state index in [9.17, 15) is 17.6 Å². The van der Waals surface area contributed by atoms with Crippen molar-refractivity contribution >= 4 is 37.5 Å². The highest BCUT2D eigenvalue weighted by Gasteiger charge is 2.27. The van der Waals surface area contributed by atoms with Crippen LogP contribution in [0.25, 0.3) is 10.2 Å². The maximum Gasteiger partial charge on any atom is 0.274 e. The number of unbranched alkanes of at least 4 members (excludes halogenated alkanes) is 1. The van der Waals surface area contributed by atoms with Crippen molar-refractivity contribution < 1.29 is 22.3 Å². The van der Waals surface area contributed by atoms with E-state index in [1.165, 1.54) is 39.9 Å². The van der Waals surface area contributed by atoms with Gasteiger partial charge in [0.15, 0.2) is 0 Å². The van der Waals surface area contributed by atoms with Gasteiger partial charge in [0.1, 0.15) is 11.9 Å². The Labute approximate surface area is 209 Å². The SMILES string of the molecule is CCCCN(CC)S(=O)(=O)c1ccc(C(=O)N2CCC(Oc3nc4ccc(F)cc4s3)CC2)cc1. The van der Waals surface area contributed by atoms with Crippen LogP contribution in [0.3, 0.4) is 0 Å². The predicted molar refractivity (Wildman–Crippen MR) is 135 cm³/mol. The Hall–Kier alpha value is -2.56. The third-order valence-electron chi connectivity index (χ3n) is 6.18. The number of likely N-dealkylation sites (tertiary alicyclic amines) is 1. The van der Waals surface area contributed by atoms with Gasteiger partial charge in [-0.25, -0.2) is 17.8 Å². The standard InChI is InChI=1S/C25H30FN3O4S2/c1-3-5-14-29(4-2)35(31,32)21-9-6-18(7-10-21)24(30)28-15-12-20(13-16-28)33-25-27-22-11-8-19(26)17-23(22)34-25/h6-11,17,20H,3-5,12-16H2,1-2H3. The summed E-state index contributed by atoms with van der Waals surface area (Å²) in [6.45, 7) is 5.82. The number of carbonyl (C=O) groups excluding carboxylic acids is 1. The van der Waals surface area contributed by atoms with Gasteiger partial charge in [0, 0.05) is 44.6 Å². The van der Waals surface area contributed by atoms with Gasteiger partial charge in [0.05, 0.1) is 15.1 Å². The Morgan fingerprint density at radius 1 is 1.17 bits per heavy atom. The van der Waals surface area contributed by atoms with Gasteiger partial charge < -0.3 is 9.64 Å². The van der Waals surface area contributed by atoms with Crippen LogP contribution in [0.1, 0.15) is 49.9 Å². The highest BCUT2D eigenvalue weighted by molar-refractivity contribution is 7.89. The Kier molecular flexibility index (Phi) is 8.03. The van der Waals surface area contributed by atoms with E-state index >= 15 is 0 Å². The van der Waals surface area contributed by atoms with E-state index in [-0.39, 0.29) is 22.7 Å². The number of carbonyl (C=O) groups is 1. The molecule has 1 aliphatic rings. The van der Waals surface area contributed by atoms with Gasteiger partial charge in [-0.05, 0) is 48.9 Å². The maximum atomic E-state index is 13.4. The fourth-order valence-electron chi connectivity index (χ4n) is 4.13. The summed E-state index contributed by atoms with van der Waals surface area (Å²) in [7, 11) is -3.57. The number of sulfonamides is 1. The lowest BCUT2D eigenvalue weighted by Crippen LogP contribution is -2.41. The second-order valence-electron chi connectivity index (χ2n) is 8.58. The van der Waals surface area contributed by atoms with Crippen molar-refractivity contribution in [2.75, 3.05) is 26.2 Å². The molecule has 35 heavy (non-hydrogen) atoms. The molecule has 0 unspecified atom stereocenters. The average Bonchev–Trinajstić information content (AvgIpc) is 3.25. The molecule has 0 spiro atoms. The quantitative estimate of drug-likeness (QED) is 0.401. The molecule has 2 aromatic carbocycles. The first-order chi connectivity index (χ1) is 16.8. The van der Waals surface area contributed by atoms with Crippen molar-refractivity contribution in [1.82, 2.24) is 14.2 Å². The smallest absolute Gasteiger partial charge is 0.274 e. The van der Waals surface area contributed by atoms with Crippen molar-refractivity contribution in [3.05, 3.63) is 53.8 Å². The van der Waals surface area contributed by atoms with Gasteiger partial charge in [-0.3, -0.25) is 4.79 Å². The summed E-state index contributed by atoms with van der Waals surface area (Å²) in [6.07, 6.45) is 2.97. The summed E-state index contributed by atoms with van der Waals surface area (Å²) in [5.41, 5.74) is 1.17. The first-order valence-corrected chi connectivity index (χ1v) is 14.2. The number of thiazole rings is 1. The van der Waals surface area contributed by atoms with Gasteiger partial charge >= 0.3 is 0 Å². The summed E-state index contributed by atoms with van der Waals surface area (Å²) in [5, 5.41) is 0.507. The topological polar surface area (TPSA) is 79.8 Å². The third kappa shape index (κ3) is 5.82. The molecular formula is C25H30FN3O4S2. The minimum absolute atomic E-state index is 0.0693. The van der Waals surface area contributed by atoms with E-state index in [4.69, 9.17) is 4.74 Å². The van der Waals surface area contributed by atoms with Gasteiger partial charge in [-0.15, -0.1) is 0 Å². The number of nitrogens with zero attached hydrogens (tertiary/aromatic N) is 3. The van der Waals surface area contributed by atoms with Crippen molar-refractivity contribution in [1.29, 1.82) is 0 Å². The summed E-state index contributed by atoms with van der Waals surface area (Å²) in [5.74, 6) is -0.425. The Morgan fingerprint density at radius 3 is 2.54 bits per heavy atom. The van der Waals surface area contributed by atoms with Crippen LogP contribution < -0.4 is 4.74 Å². The van der Waals surface area contributed by atoms with Crippen LogP contribution in [0.2, 0.25) is 0 Å². The zero-order valence-corrected chi connectivity index (χ0v) is 21.6. The predicted octanol–water partition coefficient (Wildman–Crippen LogP) is 4.93. The zero-order valence-electron chi connectivity index (χ0n) is 19.9. The average molecular weight is 520 g/mol. The lowest BCUT2D eigenvalue weighted by atomic mass is 10.1. The Bertz CT molecular complexity index is 1270. The van der Waals surface area contributed by atoms with E-state index in [1.807, 2.05) is 13.8 Å². The molecule has 188 valence electrons. The monoisotopic (exact) mass is 519 g/mol. The van der Waals surface area contributed by atoms with Gasteiger partial charge in [-0.2, -0.15) is 4.31 Å². The minimum Gasteiger partial charge on any atom is -0.467 e. The number of piperidine rings is 1. The highest BCUT2D eigenvalue weighted by atomic mass is 32.2. The summed E-state index contributed by atoms with van der Waals surface area (Å²) in [4.78, 5) is 19.4. The van der Waals surface area contributed by atoms with Crippen LogP contribution in [0.4, 0.5) is 4.39 Å². The summed E-state index contributed by atoms with van der Waals surface area (Å²) >= 11 is 1.31. The molecule has 1 fully saturated rings. The number of amides is 1. The summed E-state index contributed by atoms with van der Waals surface area (Å²) in [6, 6.07) is 10.7. The molecule has 1 aliphatic heterocycles. The van der Waals surface area contributed by atoms with E-state index in [0.717, 1.165) is 17.5 Å². The van der Waals surface area contributed by atoms with Crippen molar-refractivity contribution in [2.45, 2.75) is 50.5 Å².